The Hall–Kier alpha value is -4.62. The van der Waals surface area contributed by atoms with E-state index in [-0.39, 0.29) is 18.3 Å². The topological polar surface area (TPSA) is 209 Å². The fourth-order valence-electron chi connectivity index (χ4n) is 5.13. The number of ether oxygens (including phenoxy) is 1. The van der Waals surface area contributed by atoms with E-state index in [2.05, 4.69) is 21.3 Å². The Morgan fingerprint density at radius 3 is 2.51 bits per heavy atom. The van der Waals surface area contributed by atoms with E-state index in [0.29, 0.717) is 43.6 Å². The number of hydrogen-bond donors (Lipinski definition) is 6. The van der Waals surface area contributed by atoms with Crippen molar-refractivity contribution in [2.24, 2.45) is 11.7 Å². The number of nitrogens with two attached hydrogens (primary N) is 1. The summed E-state index contributed by atoms with van der Waals surface area (Å²) in [4.78, 5) is 66.5. The number of hydrogen-bond acceptors (Lipinski definition) is 8. The van der Waals surface area contributed by atoms with E-state index in [4.69, 9.17) is 20.3 Å². The summed E-state index contributed by atoms with van der Waals surface area (Å²) in [7, 11) is 0. The highest BCUT2D eigenvalue weighted by Crippen LogP contribution is 2.23. The lowest BCUT2D eigenvalue weighted by Crippen LogP contribution is -2.57. The van der Waals surface area contributed by atoms with Crippen molar-refractivity contribution < 1.29 is 28.3 Å². The standard InChI is InChI=1S/C31H45N7O7/c1-17(2)25(37-30(43)45-31(4,5)6)28(42)38-14-8-10-22(38)27(41)36-21(9-7-13-34-29(32)33)26(40)35-19-11-12-20-18(3)15-24(39)44-23(20)16-19/h11-12,15-17,21-22,25H,7-10,13-14H2,1-6H3,(H,35,40)(H,36,41)(H,37,43)(H4,32,33,34)/t21-,22-,25-/m0/s1. The van der Waals surface area contributed by atoms with Gasteiger partial charge in [-0.25, -0.2) is 9.59 Å². The molecule has 1 fully saturated rings. The van der Waals surface area contributed by atoms with Crippen molar-refractivity contribution in [1.29, 1.82) is 5.41 Å². The van der Waals surface area contributed by atoms with Crippen LogP contribution in [0.4, 0.5) is 10.5 Å². The Kier molecular flexibility index (Phi) is 11.5. The molecule has 1 aliphatic heterocycles. The normalized spacial score (nSPS) is 16.2. The highest BCUT2D eigenvalue weighted by Gasteiger charge is 2.40. The van der Waals surface area contributed by atoms with Gasteiger partial charge in [0.2, 0.25) is 17.7 Å². The molecule has 14 heteroatoms. The van der Waals surface area contributed by atoms with Gasteiger partial charge in [-0.05, 0) is 77.0 Å². The predicted molar refractivity (Wildman–Crippen MR) is 170 cm³/mol. The van der Waals surface area contributed by atoms with Gasteiger partial charge in [0, 0.05) is 36.3 Å². The lowest BCUT2D eigenvalue weighted by Gasteiger charge is -2.31. The van der Waals surface area contributed by atoms with Crippen LogP contribution in [0.2, 0.25) is 0 Å². The van der Waals surface area contributed by atoms with Gasteiger partial charge in [0.1, 0.15) is 29.3 Å². The zero-order valence-corrected chi connectivity index (χ0v) is 26.7. The number of nitrogens with zero attached hydrogens (tertiary/aromatic N) is 1. The van der Waals surface area contributed by atoms with Crippen LogP contribution in [-0.2, 0) is 19.1 Å². The number of aryl methyl sites for hydroxylation is 1. The first-order valence-electron chi connectivity index (χ1n) is 15.1. The van der Waals surface area contributed by atoms with Crippen molar-refractivity contribution in [2.45, 2.75) is 91.0 Å². The second kappa shape index (κ2) is 14.9. The zero-order chi connectivity index (χ0) is 33.5. The Balaban J connectivity index is 1.77. The van der Waals surface area contributed by atoms with E-state index < -0.39 is 53.2 Å². The minimum absolute atomic E-state index is 0.203. The van der Waals surface area contributed by atoms with Crippen LogP contribution >= 0.6 is 0 Å². The predicted octanol–water partition coefficient (Wildman–Crippen LogP) is 2.33. The van der Waals surface area contributed by atoms with Gasteiger partial charge >= 0.3 is 11.7 Å². The van der Waals surface area contributed by atoms with Crippen molar-refractivity contribution in [1.82, 2.24) is 20.9 Å². The van der Waals surface area contributed by atoms with Gasteiger partial charge in [-0.3, -0.25) is 19.8 Å². The van der Waals surface area contributed by atoms with E-state index in [1.54, 1.807) is 59.7 Å². The molecule has 4 amide bonds. The van der Waals surface area contributed by atoms with Gasteiger partial charge in [-0.1, -0.05) is 13.8 Å². The molecule has 0 spiro atoms. The van der Waals surface area contributed by atoms with Gasteiger partial charge in [0.25, 0.3) is 0 Å². The zero-order valence-electron chi connectivity index (χ0n) is 26.7. The molecule has 14 nitrogen and oxygen atoms in total. The SMILES string of the molecule is Cc1cc(=O)oc2cc(NC(=O)[C@H](CCCNC(=N)N)NC(=O)[C@@H]3CCCN3C(=O)[C@@H](NC(=O)OC(C)(C)C)C(C)C)ccc12. The average molecular weight is 628 g/mol. The summed E-state index contributed by atoms with van der Waals surface area (Å²) < 4.78 is 10.6. The molecule has 45 heavy (non-hydrogen) atoms. The van der Waals surface area contributed by atoms with Crippen LogP contribution in [0.25, 0.3) is 11.0 Å². The molecule has 3 rings (SSSR count). The number of alkyl carbamates (subject to hydrolysis) is 1. The average Bonchev–Trinajstić information content (AvgIpc) is 3.41. The summed E-state index contributed by atoms with van der Waals surface area (Å²) in [6, 6.07) is 3.57. The second-order valence-corrected chi connectivity index (χ2v) is 12.6. The largest absolute Gasteiger partial charge is 0.444 e. The van der Waals surface area contributed by atoms with Crippen LogP contribution in [0.5, 0.6) is 0 Å². The monoisotopic (exact) mass is 627 g/mol. The number of benzene rings is 1. The summed E-state index contributed by atoms with van der Waals surface area (Å²) in [5.74, 6) is -1.92. The summed E-state index contributed by atoms with van der Waals surface area (Å²) >= 11 is 0. The molecule has 1 aromatic carbocycles. The molecule has 0 saturated carbocycles. The Morgan fingerprint density at radius 2 is 1.87 bits per heavy atom. The van der Waals surface area contributed by atoms with Crippen molar-refractivity contribution in [3.05, 3.63) is 40.2 Å². The highest BCUT2D eigenvalue weighted by atomic mass is 16.6. The minimum Gasteiger partial charge on any atom is -0.444 e. The molecule has 0 bridgehead atoms. The lowest BCUT2D eigenvalue weighted by atomic mass is 10.0. The third-order valence-corrected chi connectivity index (χ3v) is 7.28. The number of carbonyl (C=O) groups is 4. The Morgan fingerprint density at radius 1 is 1.16 bits per heavy atom. The van der Waals surface area contributed by atoms with Gasteiger partial charge in [-0.2, -0.15) is 0 Å². The molecule has 7 N–H and O–H groups in total. The number of nitrogens with one attached hydrogen (secondary N) is 5. The maximum absolute atomic E-state index is 13.6. The number of anilines is 1. The van der Waals surface area contributed by atoms with Crippen LogP contribution in [0.1, 0.15) is 65.9 Å². The van der Waals surface area contributed by atoms with Crippen molar-refractivity contribution in [2.75, 3.05) is 18.4 Å². The second-order valence-electron chi connectivity index (χ2n) is 12.6. The van der Waals surface area contributed by atoms with Crippen LogP contribution in [-0.4, -0.2) is 71.5 Å². The number of guanidine groups is 1. The molecule has 1 aliphatic rings. The van der Waals surface area contributed by atoms with Gasteiger partial charge < -0.3 is 41.1 Å². The molecule has 2 aromatic rings. The van der Waals surface area contributed by atoms with E-state index in [1.165, 1.54) is 11.0 Å². The first kappa shape index (κ1) is 34.9. The summed E-state index contributed by atoms with van der Waals surface area (Å²) in [5.41, 5.74) is 5.52. The molecule has 1 aromatic heterocycles. The molecule has 0 radical (unpaired) electrons. The van der Waals surface area contributed by atoms with Crippen LogP contribution in [0.15, 0.2) is 33.5 Å². The van der Waals surface area contributed by atoms with Crippen molar-refractivity contribution in [3.63, 3.8) is 0 Å². The van der Waals surface area contributed by atoms with Crippen LogP contribution in [0, 0.1) is 18.3 Å². The number of fused-ring (bicyclic) bond motifs is 1. The van der Waals surface area contributed by atoms with Crippen molar-refractivity contribution >= 4 is 46.4 Å². The van der Waals surface area contributed by atoms with Crippen LogP contribution in [0.3, 0.4) is 0 Å². The summed E-state index contributed by atoms with van der Waals surface area (Å²) in [6.07, 6.45) is 0.829. The third-order valence-electron chi connectivity index (χ3n) is 7.28. The number of likely N-dealkylation sites (tertiary alicyclic amines) is 1. The highest BCUT2D eigenvalue weighted by molar-refractivity contribution is 6.00. The maximum Gasteiger partial charge on any atom is 0.408 e. The quantitative estimate of drug-likeness (QED) is 0.0933. The van der Waals surface area contributed by atoms with Crippen molar-refractivity contribution in [3.8, 4) is 0 Å². The first-order valence-corrected chi connectivity index (χ1v) is 15.1. The number of rotatable bonds is 11. The first-order chi connectivity index (χ1) is 21.1. The van der Waals surface area contributed by atoms with E-state index in [9.17, 15) is 24.0 Å². The minimum atomic E-state index is -0.996. The third kappa shape index (κ3) is 9.95. The molecule has 0 aliphatic carbocycles. The van der Waals surface area contributed by atoms with Gasteiger partial charge in [-0.15, -0.1) is 0 Å². The molecule has 246 valence electrons. The maximum atomic E-state index is 13.6. The molecular formula is C31H45N7O7. The molecule has 3 atom stereocenters. The molecule has 2 heterocycles. The van der Waals surface area contributed by atoms with E-state index >= 15 is 0 Å². The fourth-order valence-corrected chi connectivity index (χ4v) is 5.13. The fraction of sp³-hybridized carbons (Fsp3) is 0.548. The Labute approximate surface area is 262 Å². The number of amides is 4. The Bertz CT molecular complexity index is 1480. The number of carbonyl (C=O) groups excluding carboxylic acids is 4. The molecule has 1 saturated heterocycles. The summed E-state index contributed by atoms with van der Waals surface area (Å²) in [5, 5.41) is 19.0. The smallest absolute Gasteiger partial charge is 0.408 e. The van der Waals surface area contributed by atoms with E-state index in [0.717, 1.165) is 10.9 Å². The molecule has 0 unspecified atom stereocenters. The lowest BCUT2D eigenvalue weighted by molar-refractivity contribution is -0.141. The van der Waals surface area contributed by atoms with Crippen LogP contribution < -0.4 is 32.6 Å². The van der Waals surface area contributed by atoms with Gasteiger partial charge in [0.15, 0.2) is 5.96 Å². The summed E-state index contributed by atoms with van der Waals surface area (Å²) in [6.45, 7) is 11.2. The van der Waals surface area contributed by atoms with Gasteiger partial charge in [0.05, 0.1) is 0 Å². The molecular weight excluding hydrogens is 582 g/mol. The van der Waals surface area contributed by atoms with E-state index in [1.807, 2.05) is 0 Å².